The van der Waals surface area contributed by atoms with Gasteiger partial charge in [0.25, 0.3) is 0 Å². The number of hydrogen-bond acceptors (Lipinski definition) is 2. The lowest BCUT2D eigenvalue weighted by molar-refractivity contribution is 0.00583. The molecule has 1 aromatic rings. The minimum Gasteiger partial charge on any atom is -0.385 e. The molecule has 0 aromatic heterocycles. The van der Waals surface area contributed by atoms with Gasteiger partial charge in [0, 0.05) is 0 Å². The van der Waals surface area contributed by atoms with Gasteiger partial charge in [-0.05, 0) is 50.0 Å². The van der Waals surface area contributed by atoms with Gasteiger partial charge in [0.15, 0.2) is 0 Å². The van der Waals surface area contributed by atoms with Crippen molar-refractivity contribution in [2.75, 3.05) is 13.1 Å². The highest BCUT2D eigenvalue weighted by atomic mass is 19.1. The topological polar surface area (TPSA) is 32.3 Å². The molecular formula is C12H16FNO. The first-order valence-electron chi connectivity index (χ1n) is 5.31. The number of benzene rings is 1. The molecule has 0 radical (unpaired) electrons. The molecule has 1 aliphatic rings. The Kier molecular flexibility index (Phi) is 2.76. The van der Waals surface area contributed by atoms with Crippen molar-refractivity contribution in [3.8, 4) is 0 Å². The number of hydrogen-bond donors (Lipinski definition) is 2. The molecule has 1 heterocycles. The zero-order valence-electron chi connectivity index (χ0n) is 8.89. The average Bonchev–Trinajstić information content (AvgIpc) is 2.23. The molecule has 0 saturated carbocycles. The molecule has 2 nitrogen and oxygen atoms in total. The minimum atomic E-state index is -0.774. The largest absolute Gasteiger partial charge is 0.385 e. The molecule has 2 N–H and O–H groups in total. The van der Waals surface area contributed by atoms with Crippen LogP contribution in [0.4, 0.5) is 4.39 Å². The molecule has 1 aliphatic heterocycles. The standard InChI is InChI=1S/C12H16FNO/c1-9-8-10(2-3-11(9)13)12(15)4-6-14-7-5-12/h2-3,8,14-15H,4-7H2,1H3. The highest BCUT2D eigenvalue weighted by molar-refractivity contribution is 5.29. The van der Waals surface area contributed by atoms with Gasteiger partial charge in [-0.3, -0.25) is 0 Å². The lowest BCUT2D eigenvalue weighted by atomic mass is 9.84. The molecule has 15 heavy (non-hydrogen) atoms. The average molecular weight is 209 g/mol. The van der Waals surface area contributed by atoms with Crippen LogP contribution in [-0.4, -0.2) is 18.2 Å². The molecule has 0 bridgehead atoms. The number of rotatable bonds is 1. The SMILES string of the molecule is Cc1cc(C2(O)CCNCC2)ccc1F. The maximum absolute atomic E-state index is 13.1. The van der Waals surface area contributed by atoms with Gasteiger partial charge in [-0.2, -0.15) is 0 Å². The lowest BCUT2D eigenvalue weighted by Gasteiger charge is -2.33. The molecule has 1 saturated heterocycles. The van der Waals surface area contributed by atoms with Crippen LogP contribution >= 0.6 is 0 Å². The fraction of sp³-hybridized carbons (Fsp3) is 0.500. The van der Waals surface area contributed by atoms with E-state index in [0.717, 1.165) is 18.7 Å². The molecular weight excluding hydrogens is 193 g/mol. The highest BCUT2D eigenvalue weighted by Gasteiger charge is 2.31. The zero-order valence-corrected chi connectivity index (χ0v) is 8.89. The first-order valence-corrected chi connectivity index (χ1v) is 5.31. The van der Waals surface area contributed by atoms with Gasteiger partial charge in [-0.25, -0.2) is 4.39 Å². The summed E-state index contributed by atoms with van der Waals surface area (Å²) in [5.74, 6) is -0.212. The lowest BCUT2D eigenvalue weighted by Crippen LogP contribution is -2.39. The molecule has 82 valence electrons. The van der Waals surface area contributed by atoms with Gasteiger partial charge in [0.05, 0.1) is 5.60 Å². The Labute approximate surface area is 89.1 Å². The van der Waals surface area contributed by atoms with Crippen molar-refractivity contribution in [2.24, 2.45) is 0 Å². The van der Waals surface area contributed by atoms with Crippen molar-refractivity contribution in [2.45, 2.75) is 25.4 Å². The summed E-state index contributed by atoms with van der Waals surface area (Å²) in [6.45, 7) is 3.35. The Morgan fingerprint density at radius 2 is 2.00 bits per heavy atom. The summed E-state index contributed by atoms with van der Waals surface area (Å²) in [6.07, 6.45) is 1.39. The van der Waals surface area contributed by atoms with Crippen LogP contribution < -0.4 is 5.32 Å². The van der Waals surface area contributed by atoms with E-state index in [0.29, 0.717) is 18.4 Å². The van der Waals surface area contributed by atoms with E-state index in [4.69, 9.17) is 0 Å². The predicted octanol–water partition coefficient (Wildman–Crippen LogP) is 1.71. The summed E-state index contributed by atoms with van der Waals surface area (Å²) < 4.78 is 13.1. The van der Waals surface area contributed by atoms with Crippen LogP contribution in [0.2, 0.25) is 0 Å². The quantitative estimate of drug-likeness (QED) is 0.738. The second-order valence-corrected chi connectivity index (χ2v) is 4.25. The highest BCUT2D eigenvalue weighted by Crippen LogP contribution is 2.31. The van der Waals surface area contributed by atoms with E-state index in [2.05, 4.69) is 5.32 Å². The molecule has 0 aliphatic carbocycles. The van der Waals surface area contributed by atoms with E-state index < -0.39 is 5.60 Å². The van der Waals surface area contributed by atoms with Crippen LogP contribution in [0.5, 0.6) is 0 Å². The summed E-state index contributed by atoms with van der Waals surface area (Å²) in [6, 6.07) is 4.87. The van der Waals surface area contributed by atoms with E-state index in [9.17, 15) is 9.50 Å². The summed E-state index contributed by atoms with van der Waals surface area (Å²) in [5.41, 5.74) is 0.659. The Balaban J connectivity index is 2.31. The van der Waals surface area contributed by atoms with E-state index in [1.54, 1.807) is 19.1 Å². The van der Waals surface area contributed by atoms with E-state index in [1.807, 2.05) is 0 Å². The van der Waals surface area contributed by atoms with E-state index in [-0.39, 0.29) is 5.82 Å². The van der Waals surface area contributed by atoms with Gasteiger partial charge in [0.1, 0.15) is 5.82 Å². The number of halogens is 1. The molecule has 0 spiro atoms. The first-order chi connectivity index (χ1) is 7.12. The molecule has 2 rings (SSSR count). The fourth-order valence-electron chi connectivity index (χ4n) is 2.06. The van der Waals surface area contributed by atoms with Crippen LogP contribution in [0.3, 0.4) is 0 Å². The van der Waals surface area contributed by atoms with Crippen LogP contribution in [0.15, 0.2) is 18.2 Å². The van der Waals surface area contributed by atoms with Crippen LogP contribution in [0.25, 0.3) is 0 Å². The Morgan fingerprint density at radius 3 is 2.60 bits per heavy atom. The third-order valence-corrected chi connectivity index (χ3v) is 3.13. The summed E-state index contributed by atoms with van der Waals surface area (Å²) in [4.78, 5) is 0. The first kappa shape index (κ1) is 10.6. The second-order valence-electron chi connectivity index (χ2n) is 4.25. The maximum atomic E-state index is 13.1. The molecule has 0 amide bonds. The Hall–Kier alpha value is -0.930. The summed E-state index contributed by atoms with van der Waals surface area (Å²) in [7, 11) is 0. The summed E-state index contributed by atoms with van der Waals surface area (Å²) >= 11 is 0. The second kappa shape index (κ2) is 3.91. The van der Waals surface area contributed by atoms with Gasteiger partial charge in [0.2, 0.25) is 0 Å². The number of piperidine rings is 1. The molecule has 1 fully saturated rings. The van der Waals surface area contributed by atoms with E-state index >= 15 is 0 Å². The molecule has 0 atom stereocenters. The molecule has 3 heteroatoms. The smallest absolute Gasteiger partial charge is 0.126 e. The monoisotopic (exact) mass is 209 g/mol. The third-order valence-electron chi connectivity index (χ3n) is 3.13. The van der Waals surface area contributed by atoms with E-state index in [1.165, 1.54) is 6.07 Å². The van der Waals surface area contributed by atoms with Gasteiger partial charge < -0.3 is 10.4 Å². The van der Waals surface area contributed by atoms with Gasteiger partial charge in [-0.15, -0.1) is 0 Å². The van der Waals surface area contributed by atoms with Crippen LogP contribution in [0, 0.1) is 12.7 Å². The minimum absolute atomic E-state index is 0.212. The van der Waals surface area contributed by atoms with Crippen molar-refractivity contribution >= 4 is 0 Å². The maximum Gasteiger partial charge on any atom is 0.126 e. The van der Waals surface area contributed by atoms with Crippen LogP contribution in [-0.2, 0) is 5.60 Å². The van der Waals surface area contributed by atoms with Gasteiger partial charge in [-0.1, -0.05) is 12.1 Å². The Morgan fingerprint density at radius 1 is 1.33 bits per heavy atom. The molecule has 1 aromatic carbocycles. The zero-order chi connectivity index (χ0) is 10.9. The number of aliphatic hydroxyl groups is 1. The van der Waals surface area contributed by atoms with Crippen molar-refractivity contribution in [1.82, 2.24) is 5.32 Å². The van der Waals surface area contributed by atoms with Crippen molar-refractivity contribution in [3.63, 3.8) is 0 Å². The number of nitrogens with one attached hydrogen (secondary N) is 1. The van der Waals surface area contributed by atoms with Crippen LogP contribution in [0.1, 0.15) is 24.0 Å². The van der Waals surface area contributed by atoms with Crippen molar-refractivity contribution in [1.29, 1.82) is 0 Å². The fourth-order valence-corrected chi connectivity index (χ4v) is 2.06. The van der Waals surface area contributed by atoms with Gasteiger partial charge >= 0.3 is 0 Å². The molecule has 0 unspecified atom stereocenters. The number of aryl methyl sites for hydroxylation is 1. The predicted molar refractivity (Wildman–Crippen MR) is 57.1 cm³/mol. The Bertz CT molecular complexity index is 359. The normalized spacial score (nSPS) is 20.2. The summed E-state index contributed by atoms with van der Waals surface area (Å²) in [5, 5.41) is 13.6. The van der Waals surface area contributed by atoms with Crippen molar-refractivity contribution in [3.05, 3.63) is 35.1 Å². The van der Waals surface area contributed by atoms with Crippen molar-refractivity contribution < 1.29 is 9.50 Å². The third kappa shape index (κ3) is 2.03.